The molecule has 0 radical (unpaired) electrons. The minimum absolute atomic E-state index is 0.101. The van der Waals surface area contributed by atoms with Crippen LogP contribution < -0.4 is 16.4 Å². The van der Waals surface area contributed by atoms with Crippen molar-refractivity contribution in [3.8, 4) is 0 Å². The molecule has 0 heterocycles. The molecule has 2 unspecified atom stereocenters. The fourth-order valence-electron chi connectivity index (χ4n) is 2.34. The molecule has 2 amide bonds. The summed E-state index contributed by atoms with van der Waals surface area (Å²) in [5.74, 6) is -0.803. The summed E-state index contributed by atoms with van der Waals surface area (Å²) >= 11 is 0. The van der Waals surface area contributed by atoms with Crippen molar-refractivity contribution in [2.45, 2.75) is 32.4 Å². The Hall–Kier alpha value is -2.73. The number of amides is 2. The van der Waals surface area contributed by atoms with Gasteiger partial charge in [0.1, 0.15) is 5.82 Å². The van der Waals surface area contributed by atoms with E-state index in [0.717, 1.165) is 5.56 Å². The largest absolute Gasteiger partial charge is 0.350 e. The maximum atomic E-state index is 12.9. The standard InChI is InChI=1S/C19H22FN3O2/c1-12(21)11-18(24)22-13(2)14-5-9-17(10-6-14)23-19(25)15-3-7-16(20)8-4-15/h3-10,12-13H,11,21H2,1-2H3,(H,22,24)(H,23,25). The van der Waals surface area contributed by atoms with Gasteiger partial charge in [-0.15, -0.1) is 0 Å². The second-order valence-electron chi connectivity index (χ2n) is 6.05. The maximum Gasteiger partial charge on any atom is 0.255 e. The minimum atomic E-state index is -0.388. The van der Waals surface area contributed by atoms with Crippen LogP contribution >= 0.6 is 0 Å². The van der Waals surface area contributed by atoms with E-state index in [1.807, 2.05) is 19.1 Å². The summed E-state index contributed by atoms with van der Waals surface area (Å²) in [6, 6.07) is 12.2. The Kier molecular flexibility index (Phi) is 6.25. The molecule has 2 atom stereocenters. The summed E-state index contributed by atoms with van der Waals surface area (Å²) in [6.07, 6.45) is 0.274. The first-order valence-corrected chi connectivity index (χ1v) is 8.07. The monoisotopic (exact) mass is 343 g/mol. The predicted molar refractivity (Wildman–Crippen MR) is 95.6 cm³/mol. The zero-order valence-corrected chi connectivity index (χ0v) is 14.3. The third-order valence-corrected chi connectivity index (χ3v) is 3.66. The van der Waals surface area contributed by atoms with E-state index >= 15 is 0 Å². The molecule has 2 rings (SSSR count). The average molecular weight is 343 g/mol. The van der Waals surface area contributed by atoms with Crippen LogP contribution in [0.2, 0.25) is 0 Å². The smallest absolute Gasteiger partial charge is 0.255 e. The van der Waals surface area contributed by atoms with Gasteiger partial charge in [-0.2, -0.15) is 0 Å². The van der Waals surface area contributed by atoms with Gasteiger partial charge in [-0.05, 0) is 55.8 Å². The number of hydrogen-bond donors (Lipinski definition) is 3. The molecule has 0 bridgehead atoms. The Labute approximate surface area is 146 Å². The summed E-state index contributed by atoms with van der Waals surface area (Å²) < 4.78 is 12.9. The van der Waals surface area contributed by atoms with E-state index in [4.69, 9.17) is 5.73 Å². The molecular formula is C19H22FN3O2. The molecule has 132 valence electrons. The van der Waals surface area contributed by atoms with Gasteiger partial charge in [0.05, 0.1) is 6.04 Å². The Balaban J connectivity index is 1.96. The molecule has 0 saturated carbocycles. The molecule has 0 fully saturated rings. The van der Waals surface area contributed by atoms with Crippen LogP contribution in [-0.2, 0) is 4.79 Å². The van der Waals surface area contributed by atoms with Crippen molar-refractivity contribution in [3.63, 3.8) is 0 Å². The molecule has 25 heavy (non-hydrogen) atoms. The van der Waals surface area contributed by atoms with Gasteiger partial charge in [-0.25, -0.2) is 4.39 Å². The number of nitrogens with one attached hydrogen (secondary N) is 2. The first kappa shape index (κ1) is 18.6. The molecule has 2 aromatic carbocycles. The van der Waals surface area contributed by atoms with Crippen LogP contribution in [0.1, 0.15) is 42.2 Å². The van der Waals surface area contributed by atoms with Crippen LogP contribution in [0.5, 0.6) is 0 Å². The van der Waals surface area contributed by atoms with Crippen LogP contribution in [0.3, 0.4) is 0 Å². The molecule has 0 aromatic heterocycles. The summed E-state index contributed by atoms with van der Waals surface area (Å²) in [5.41, 5.74) is 7.52. The van der Waals surface area contributed by atoms with E-state index in [1.165, 1.54) is 24.3 Å². The number of carbonyl (C=O) groups excluding carboxylic acids is 2. The quantitative estimate of drug-likeness (QED) is 0.754. The lowest BCUT2D eigenvalue weighted by Crippen LogP contribution is -2.31. The molecule has 6 heteroatoms. The summed E-state index contributed by atoms with van der Waals surface area (Å²) in [7, 11) is 0. The van der Waals surface area contributed by atoms with Gasteiger partial charge < -0.3 is 16.4 Å². The van der Waals surface area contributed by atoms with E-state index in [0.29, 0.717) is 11.3 Å². The molecule has 0 spiro atoms. The van der Waals surface area contributed by atoms with Gasteiger partial charge in [-0.3, -0.25) is 9.59 Å². The Morgan fingerprint density at radius 1 is 1.04 bits per heavy atom. The fraction of sp³-hybridized carbons (Fsp3) is 0.263. The Morgan fingerprint density at radius 2 is 1.64 bits per heavy atom. The van der Waals surface area contributed by atoms with E-state index in [1.54, 1.807) is 19.1 Å². The molecule has 0 aliphatic rings. The van der Waals surface area contributed by atoms with E-state index in [2.05, 4.69) is 10.6 Å². The summed E-state index contributed by atoms with van der Waals surface area (Å²) in [5, 5.41) is 5.62. The van der Waals surface area contributed by atoms with Crippen molar-refractivity contribution < 1.29 is 14.0 Å². The molecule has 0 aliphatic heterocycles. The Bertz CT molecular complexity index is 727. The van der Waals surface area contributed by atoms with E-state index in [-0.39, 0.29) is 36.1 Å². The zero-order chi connectivity index (χ0) is 18.4. The number of rotatable bonds is 6. The number of anilines is 1. The van der Waals surface area contributed by atoms with Crippen LogP contribution in [0.15, 0.2) is 48.5 Å². The van der Waals surface area contributed by atoms with Gasteiger partial charge in [0.2, 0.25) is 5.91 Å². The number of nitrogens with two attached hydrogens (primary N) is 1. The first-order chi connectivity index (χ1) is 11.8. The fourth-order valence-corrected chi connectivity index (χ4v) is 2.34. The number of carbonyl (C=O) groups is 2. The van der Waals surface area contributed by atoms with E-state index < -0.39 is 0 Å². The third-order valence-electron chi connectivity index (χ3n) is 3.66. The number of benzene rings is 2. The van der Waals surface area contributed by atoms with Gasteiger partial charge in [0.25, 0.3) is 5.91 Å². The highest BCUT2D eigenvalue weighted by atomic mass is 19.1. The van der Waals surface area contributed by atoms with Crippen molar-refractivity contribution in [2.75, 3.05) is 5.32 Å². The third kappa shape index (κ3) is 5.69. The molecule has 0 saturated heterocycles. The van der Waals surface area contributed by atoms with Gasteiger partial charge in [0, 0.05) is 23.7 Å². The molecule has 2 aromatic rings. The van der Waals surface area contributed by atoms with E-state index in [9.17, 15) is 14.0 Å². The SMILES string of the molecule is CC(N)CC(=O)NC(C)c1ccc(NC(=O)c2ccc(F)cc2)cc1. The summed E-state index contributed by atoms with van der Waals surface area (Å²) in [6.45, 7) is 3.66. The molecule has 5 nitrogen and oxygen atoms in total. The predicted octanol–water partition coefficient (Wildman–Crippen LogP) is 2.99. The zero-order valence-electron chi connectivity index (χ0n) is 14.3. The lowest BCUT2D eigenvalue weighted by Gasteiger charge is -2.16. The Morgan fingerprint density at radius 3 is 2.20 bits per heavy atom. The highest BCUT2D eigenvalue weighted by molar-refractivity contribution is 6.04. The van der Waals surface area contributed by atoms with Crippen LogP contribution in [0.25, 0.3) is 0 Å². The average Bonchev–Trinajstić information content (AvgIpc) is 2.55. The molecular weight excluding hydrogens is 321 g/mol. The topological polar surface area (TPSA) is 84.2 Å². The van der Waals surface area contributed by atoms with Gasteiger partial charge in [-0.1, -0.05) is 12.1 Å². The van der Waals surface area contributed by atoms with Crippen molar-refractivity contribution >= 4 is 17.5 Å². The maximum absolute atomic E-state index is 12.9. The van der Waals surface area contributed by atoms with Crippen LogP contribution in [0, 0.1) is 5.82 Å². The van der Waals surface area contributed by atoms with Crippen LogP contribution in [0.4, 0.5) is 10.1 Å². The summed E-state index contributed by atoms with van der Waals surface area (Å²) in [4.78, 5) is 23.8. The second-order valence-corrected chi connectivity index (χ2v) is 6.05. The van der Waals surface area contributed by atoms with Gasteiger partial charge in [0.15, 0.2) is 0 Å². The highest BCUT2D eigenvalue weighted by Crippen LogP contribution is 2.17. The number of halogens is 1. The van der Waals surface area contributed by atoms with Crippen molar-refractivity contribution in [3.05, 3.63) is 65.5 Å². The van der Waals surface area contributed by atoms with Crippen molar-refractivity contribution in [1.82, 2.24) is 5.32 Å². The molecule has 0 aliphatic carbocycles. The minimum Gasteiger partial charge on any atom is -0.350 e. The number of hydrogen-bond acceptors (Lipinski definition) is 3. The van der Waals surface area contributed by atoms with Gasteiger partial charge >= 0.3 is 0 Å². The second kappa shape index (κ2) is 8.39. The van der Waals surface area contributed by atoms with Crippen LogP contribution in [-0.4, -0.2) is 17.9 Å². The highest BCUT2D eigenvalue weighted by Gasteiger charge is 2.11. The lowest BCUT2D eigenvalue weighted by atomic mass is 10.1. The molecule has 4 N–H and O–H groups in total. The van der Waals surface area contributed by atoms with Crippen molar-refractivity contribution in [2.24, 2.45) is 5.73 Å². The lowest BCUT2D eigenvalue weighted by molar-refractivity contribution is -0.122. The normalized spacial score (nSPS) is 13.0. The van der Waals surface area contributed by atoms with Crippen molar-refractivity contribution in [1.29, 1.82) is 0 Å². The first-order valence-electron chi connectivity index (χ1n) is 8.07.